The van der Waals surface area contributed by atoms with Crippen LogP contribution in [0.15, 0.2) is 0 Å². The van der Waals surface area contributed by atoms with Crippen molar-refractivity contribution >= 4 is 41.3 Å². The molecule has 0 aromatic carbocycles. The van der Waals surface area contributed by atoms with Crippen LogP contribution in [0.3, 0.4) is 0 Å². The second-order valence-electron chi connectivity index (χ2n) is 0.985. The Balaban J connectivity index is 3.53. The van der Waals surface area contributed by atoms with E-state index in [9.17, 15) is 4.79 Å². The molecule has 0 saturated heterocycles. The van der Waals surface area contributed by atoms with E-state index in [1.165, 1.54) is 0 Å². The molecule has 0 N–H and O–H groups in total. The normalized spacial score (nSPS) is 10.9. The summed E-state index contributed by atoms with van der Waals surface area (Å²) in [6, 6.07) is 0. The van der Waals surface area contributed by atoms with Gasteiger partial charge >= 0.3 is 0 Å². The zero-order chi connectivity index (χ0) is 6.62. The van der Waals surface area contributed by atoms with E-state index in [-0.39, 0.29) is 12.4 Å². The first-order chi connectivity index (χ1) is 3.62. The third kappa shape index (κ3) is 3.36. The van der Waals surface area contributed by atoms with Gasteiger partial charge in [0.25, 0.3) is 11.0 Å². The van der Waals surface area contributed by atoms with E-state index >= 15 is 0 Å². The maximum Gasteiger partial charge on any atom is 0.295 e. The fourth-order valence-electron chi connectivity index (χ4n) is 0.102. The number of hydrogen-bond donors (Lipinski definition) is 0. The van der Waals surface area contributed by atoms with E-state index in [1.54, 1.807) is 0 Å². The van der Waals surface area contributed by atoms with Crippen LogP contribution in [0, 0.1) is 0 Å². The third-order valence-corrected chi connectivity index (χ3v) is 1.47. The number of alkyl halides is 3. The summed E-state index contributed by atoms with van der Waals surface area (Å²) in [6.45, 7) is 0.141. The van der Waals surface area contributed by atoms with E-state index in [0.717, 1.165) is 0 Å². The van der Waals surface area contributed by atoms with Gasteiger partial charge in [-0.3, -0.25) is 4.79 Å². The van der Waals surface area contributed by atoms with Crippen molar-refractivity contribution in [1.29, 1.82) is 0 Å². The number of carbonyl (C=O) groups excluding carboxylic acids is 1. The van der Waals surface area contributed by atoms with Crippen molar-refractivity contribution in [1.82, 2.24) is 0 Å². The summed E-state index contributed by atoms with van der Waals surface area (Å²) in [7, 11) is 0. The molecule has 0 aromatic heterocycles. The fraction of sp³-hybridized carbons (Fsp3) is 0.667. The van der Waals surface area contributed by atoms with Gasteiger partial charge < -0.3 is 4.74 Å². The van der Waals surface area contributed by atoms with Crippen LogP contribution in [-0.4, -0.2) is 16.9 Å². The Hall–Kier alpha value is 0.340. The number of rotatable bonds is 3. The molecule has 0 aromatic rings. The molecule has 2 nitrogen and oxygen atoms in total. The number of ether oxygens (including phenoxy) is 1. The van der Waals surface area contributed by atoms with Crippen molar-refractivity contribution in [3.63, 3.8) is 0 Å². The van der Waals surface area contributed by atoms with E-state index in [1.807, 2.05) is 0 Å². The lowest BCUT2D eigenvalue weighted by Crippen LogP contribution is -2.18. The Morgan fingerprint density at radius 2 is 2.12 bits per heavy atom. The third-order valence-electron chi connectivity index (χ3n) is 0.376. The lowest BCUT2D eigenvalue weighted by atomic mass is 10.8. The van der Waals surface area contributed by atoms with Crippen LogP contribution in [0.5, 0.6) is 0 Å². The molecule has 0 unspecified atom stereocenters. The molecular weight excluding hydrogens is 174 g/mol. The molecule has 0 heterocycles. The SMILES string of the molecule is O=COC(Cl)(Cl)CCl. The van der Waals surface area contributed by atoms with E-state index in [0.29, 0.717) is 0 Å². The van der Waals surface area contributed by atoms with Gasteiger partial charge in [0.05, 0.1) is 5.88 Å². The summed E-state index contributed by atoms with van der Waals surface area (Å²) in [5.74, 6) is -0.144. The molecule has 0 atom stereocenters. The molecule has 5 heteroatoms. The Morgan fingerprint density at radius 1 is 1.62 bits per heavy atom. The summed E-state index contributed by atoms with van der Waals surface area (Å²) < 4.78 is 2.53. The summed E-state index contributed by atoms with van der Waals surface area (Å²) in [5, 5.41) is 0. The molecule has 0 fully saturated rings. The van der Waals surface area contributed by atoms with Crippen LogP contribution in [0.25, 0.3) is 0 Å². The van der Waals surface area contributed by atoms with Gasteiger partial charge in [-0.15, -0.1) is 11.6 Å². The van der Waals surface area contributed by atoms with Crippen LogP contribution in [0.2, 0.25) is 0 Å². The molecule has 0 saturated carbocycles. The standard InChI is InChI=1S/C3H3Cl3O2/c4-1-3(5,6)8-2-7/h2H,1H2. The average molecular weight is 177 g/mol. The highest BCUT2D eigenvalue weighted by Gasteiger charge is 2.22. The highest BCUT2D eigenvalue weighted by atomic mass is 35.5. The Kier molecular flexibility index (Phi) is 3.53. The Bertz CT molecular complexity index is 82.6. The van der Waals surface area contributed by atoms with Gasteiger partial charge in [0, 0.05) is 0 Å². The summed E-state index contributed by atoms with van der Waals surface area (Å²) >= 11 is 15.5. The van der Waals surface area contributed by atoms with Gasteiger partial charge in [0.15, 0.2) is 0 Å². The monoisotopic (exact) mass is 176 g/mol. The minimum absolute atomic E-state index is 0.141. The topological polar surface area (TPSA) is 26.3 Å². The van der Waals surface area contributed by atoms with Crippen LogP contribution in [0.1, 0.15) is 0 Å². The molecule has 0 aliphatic rings. The molecule has 0 aliphatic carbocycles. The summed E-state index contributed by atoms with van der Waals surface area (Å²) in [5.41, 5.74) is 0. The maximum atomic E-state index is 9.53. The van der Waals surface area contributed by atoms with Crippen molar-refractivity contribution in [3.05, 3.63) is 0 Å². The minimum atomic E-state index is -1.57. The molecule has 48 valence electrons. The molecule has 0 aliphatic heterocycles. The van der Waals surface area contributed by atoms with Gasteiger partial charge in [-0.05, 0) is 0 Å². The van der Waals surface area contributed by atoms with E-state index < -0.39 is 4.52 Å². The first-order valence-corrected chi connectivity index (χ1v) is 2.96. The Morgan fingerprint density at radius 3 is 2.25 bits per heavy atom. The largest absolute Gasteiger partial charge is 0.430 e. The van der Waals surface area contributed by atoms with Gasteiger partial charge in [-0.2, -0.15) is 0 Å². The average Bonchev–Trinajstić information content (AvgIpc) is 1.67. The van der Waals surface area contributed by atoms with Crippen LogP contribution >= 0.6 is 34.8 Å². The summed E-state index contributed by atoms with van der Waals surface area (Å²) in [6.07, 6.45) is 0. The van der Waals surface area contributed by atoms with Gasteiger partial charge in [-0.1, -0.05) is 23.2 Å². The highest BCUT2D eigenvalue weighted by molar-refractivity contribution is 6.50. The molecule has 0 spiro atoms. The second-order valence-corrected chi connectivity index (χ2v) is 2.67. The predicted molar refractivity (Wildman–Crippen MR) is 32.3 cm³/mol. The summed E-state index contributed by atoms with van der Waals surface area (Å²) in [4.78, 5) is 9.53. The van der Waals surface area contributed by atoms with Crippen molar-refractivity contribution in [2.75, 3.05) is 5.88 Å². The lowest BCUT2D eigenvalue weighted by Gasteiger charge is -2.11. The van der Waals surface area contributed by atoms with Crippen LogP contribution < -0.4 is 0 Å². The zero-order valence-corrected chi connectivity index (χ0v) is 6.00. The first kappa shape index (κ1) is 8.34. The van der Waals surface area contributed by atoms with Gasteiger partial charge in [-0.25, -0.2) is 0 Å². The van der Waals surface area contributed by atoms with Gasteiger partial charge in [0.2, 0.25) is 0 Å². The van der Waals surface area contributed by atoms with Gasteiger partial charge in [0.1, 0.15) is 0 Å². The van der Waals surface area contributed by atoms with Crippen LogP contribution in [-0.2, 0) is 9.53 Å². The molecule has 0 bridgehead atoms. The smallest absolute Gasteiger partial charge is 0.295 e. The van der Waals surface area contributed by atoms with Crippen molar-refractivity contribution in [2.24, 2.45) is 0 Å². The van der Waals surface area contributed by atoms with E-state index in [4.69, 9.17) is 34.8 Å². The molecule has 8 heavy (non-hydrogen) atoms. The first-order valence-electron chi connectivity index (χ1n) is 1.67. The van der Waals surface area contributed by atoms with Crippen LogP contribution in [0.4, 0.5) is 0 Å². The molecule has 0 amide bonds. The second kappa shape index (κ2) is 3.38. The number of halogens is 3. The number of hydrogen-bond acceptors (Lipinski definition) is 2. The molecule has 0 rings (SSSR count). The maximum absolute atomic E-state index is 9.53. The van der Waals surface area contributed by atoms with Crippen molar-refractivity contribution in [2.45, 2.75) is 4.52 Å². The predicted octanol–water partition coefficient (Wildman–Crippen LogP) is 1.53. The highest BCUT2D eigenvalue weighted by Crippen LogP contribution is 2.22. The number of carbonyl (C=O) groups is 1. The van der Waals surface area contributed by atoms with Crippen molar-refractivity contribution in [3.8, 4) is 0 Å². The molecule has 0 radical (unpaired) electrons. The van der Waals surface area contributed by atoms with E-state index in [2.05, 4.69) is 4.74 Å². The van der Waals surface area contributed by atoms with Crippen molar-refractivity contribution < 1.29 is 9.53 Å². The Labute approximate surface area is 61.7 Å². The lowest BCUT2D eigenvalue weighted by molar-refractivity contribution is -0.131. The fourth-order valence-corrected chi connectivity index (χ4v) is 0.238. The zero-order valence-electron chi connectivity index (χ0n) is 3.73. The minimum Gasteiger partial charge on any atom is -0.430 e. The molecular formula is C3H3Cl3O2. The quantitative estimate of drug-likeness (QED) is 0.483.